The molecule has 2 unspecified atom stereocenters. The Hall–Kier alpha value is -1.26. The molecule has 0 radical (unpaired) electrons. The number of nitrogens with one attached hydrogen (secondary N) is 1. The molecule has 1 N–H and O–H groups in total. The molecule has 4 heteroatoms. The van der Waals surface area contributed by atoms with Crippen LogP contribution in [0.1, 0.15) is 19.8 Å². The highest BCUT2D eigenvalue weighted by atomic mass is 16.5. The summed E-state index contributed by atoms with van der Waals surface area (Å²) in [4.78, 5) is 4.83. The fourth-order valence-electron chi connectivity index (χ4n) is 3.35. The highest BCUT2D eigenvalue weighted by Crippen LogP contribution is 2.31. The summed E-state index contributed by atoms with van der Waals surface area (Å²) >= 11 is 0. The molecular formula is C17H27N3O. The van der Waals surface area contributed by atoms with Crippen LogP contribution < -0.4 is 15.1 Å². The summed E-state index contributed by atoms with van der Waals surface area (Å²) in [7, 11) is 2.17. The average molecular weight is 289 g/mol. The third-order valence-electron chi connectivity index (χ3n) is 4.71. The van der Waals surface area contributed by atoms with Gasteiger partial charge in [-0.3, -0.25) is 0 Å². The minimum Gasteiger partial charge on any atom is -0.377 e. The second-order valence-electron chi connectivity index (χ2n) is 6.19. The van der Waals surface area contributed by atoms with Crippen molar-refractivity contribution >= 4 is 11.4 Å². The predicted octanol–water partition coefficient (Wildman–Crippen LogP) is 2.10. The number of hydrogen-bond acceptors (Lipinski definition) is 4. The lowest BCUT2D eigenvalue weighted by Crippen LogP contribution is -2.45. The summed E-state index contributed by atoms with van der Waals surface area (Å²) < 4.78 is 5.74. The zero-order valence-corrected chi connectivity index (χ0v) is 13.2. The molecule has 2 heterocycles. The number of anilines is 2. The molecule has 2 aliphatic rings. The van der Waals surface area contributed by atoms with Crippen LogP contribution in [0.3, 0.4) is 0 Å². The maximum Gasteiger partial charge on any atom is 0.0726 e. The van der Waals surface area contributed by atoms with E-state index in [1.54, 1.807) is 0 Å². The van der Waals surface area contributed by atoms with Crippen molar-refractivity contribution in [3.05, 3.63) is 24.3 Å². The second-order valence-corrected chi connectivity index (χ2v) is 6.19. The van der Waals surface area contributed by atoms with E-state index in [-0.39, 0.29) is 0 Å². The molecule has 1 aromatic carbocycles. The molecule has 0 saturated carbocycles. The van der Waals surface area contributed by atoms with Gasteiger partial charge in [-0.2, -0.15) is 0 Å². The Morgan fingerprint density at radius 1 is 1.29 bits per heavy atom. The number of rotatable bonds is 5. The number of hydrogen-bond donors (Lipinski definition) is 1. The van der Waals surface area contributed by atoms with Gasteiger partial charge in [0, 0.05) is 45.9 Å². The Kier molecular flexibility index (Phi) is 4.66. The zero-order chi connectivity index (χ0) is 14.7. The first-order valence-corrected chi connectivity index (χ1v) is 8.16. The zero-order valence-electron chi connectivity index (χ0n) is 13.2. The van der Waals surface area contributed by atoms with E-state index in [0.717, 1.165) is 32.8 Å². The van der Waals surface area contributed by atoms with Gasteiger partial charge in [-0.05, 0) is 31.9 Å². The molecule has 4 nitrogen and oxygen atoms in total. The number of ether oxygens (including phenoxy) is 1. The Morgan fingerprint density at radius 3 is 2.86 bits per heavy atom. The summed E-state index contributed by atoms with van der Waals surface area (Å²) in [6.07, 6.45) is 2.82. The monoisotopic (exact) mass is 289 g/mol. The van der Waals surface area contributed by atoms with E-state index in [1.807, 2.05) is 0 Å². The van der Waals surface area contributed by atoms with Gasteiger partial charge in [-0.15, -0.1) is 0 Å². The first-order valence-electron chi connectivity index (χ1n) is 8.16. The van der Waals surface area contributed by atoms with Gasteiger partial charge >= 0.3 is 0 Å². The van der Waals surface area contributed by atoms with Crippen molar-refractivity contribution in [1.82, 2.24) is 5.32 Å². The fourth-order valence-corrected chi connectivity index (χ4v) is 3.35. The Balaban J connectivity index is 1.53. The van der Waals surface area contributed by atoms with Crippen LogP contribution in [0.4, 0.5) is 11.4 Å². The second kappa shape index (κ2) is 6.67. The molecule has 1 fully saturated rings. The van der Waals surface area contributed by atoms with Crippen LogP contribution in [-0.2, 0) is 4.74 Å². The van der Waals surface area contributed by atoms with Gasteiger partial charge in [-0.1, -0.05) is 12.1 Å². The molecule has 0 bridgehead atoms. The van der Waals surface area contributed by atoms with E-state index in [9.17, 15) is 0 Å². The third-order valence-corrected chi connectivity index (χ3v) is 4.71. The summed E-state index contributed by atoms with van der Waals surface area (Å²) in [6.45, 7) is 7.44. The SMILES string of the molecule is CC(NCCN1CCN(C)c2ccccc21)C1CCCO1. The predicted molar refractivity (Wildman–Crippen MR) is 88.4 cm³/mol. The molecule has 1 saturated heterocycles. The molecular weight excluding hydrogens is 262 g/mol. The van der Waals surface area contributed by atoms with Crippen molar-refractivity contribution in [1.29, 1.82) is 0 Å². The normalized spacial score (nSPS) is 23.2. The maximum atomic E-state index is 5.74. The molecule has 3 rings (SSSR count). The van der Waals surface area contributed by atoms with Crippen LogP contribution in [0.5, 0.6) is 0 Å². The van der Waals surface area contributed by atoms with Crippen LogP contribution in [0.25, 0.3) is 0 Å². The van der Waals surface area contributed by atoms with Crippen LogP contribution in [0, 0.1) is 0 Å². The largest absolute Gasteiger partial charge is 0.377 e. The molecule has 0 aromatic heterocycles. The van der Waals surface area contributed by atoms with Crippen molar-refractivity contribution < 1.29 is 4.74 Å². The summed E-state index contributed by atoms with van der Waals surface area (Å²) in [5.41, 5.74) is 2.70. The van der Waals surface area contributed by atoms with Crippen LogP contribution >= 0.6 is 0 Å². The van der Waals surface area contributed by atoms with Gasteiger partial charge in [-0.25, -0.2) is 0 Å². The van der Waals surface area contributed by atoms with Crippen molar-refractivity contribution in [2.24, 2.45) is 0 Å². The molecule has 2 aliphatic heterocycles. The number of benzene rings is 1. The highest BCUT2D eigenvalue weighted by Gasteiger charge is 2.23. The van der Waals surface area contributed by atoms with Crippen molar-refractivity contribution in [3.63, 3.8) is 0 Å². The maximum absolute atomic E-state index is 5.74. The number of para-hydroxylation sites is 2. The fraction of sp³-hybridized carbons (Fsp3) is 0.647. The smallest absolute Gasteiger partial charge is 0.0726 e. The van der Waals surface area contributed by atoms with Gasteiger partial charge in [0.1, 0.15) is 0 Å². The molecule has 21 heavy (non-hydrogen) atoms. The summed E-state index contributed by atoms with van der Waals surface area (Å²) in [5, 5.41) is 3.63. The minimum atomic E-state index is 0.407. The summed E-state index contributed by atoms with van der Waals surface area (Å²) in [6, 6.07) is 9.15. The average Bonchev–Trinajstić information content (AvgIpc) is 3.04. The first kappa shape index (κ1) is 14.7. The number of nitrogens with zero attached hydrogens (tertiary/aromatic N) is 2. The summed E-state index contributed by atoms with van der Waals surface area (Å²) in [5.74, 6) is 0. The third kappa shape index (κ3) is 3.33. The van der Waals surface area contributed by atoms with Gasteiger partial charge in [0.15, 0.2) is 0 Å². The number of fused-ring (bicyclic) bond motifs is 1. The molecule has 0 amide bonds. The Labute approximate surface area is 128 Å². The van der Waals surface area contributed by atoms with Crippen molar-refractivity contribution in [3.8, 4) is 0 Å². The van der Waals surface area contributed by atoms with E-state index < -0.39 is 0 Å². The molecule has 0 spiro atoms. The number of likely N-dealkylation sites (N-methyl/N-ethyl adjacent to an activating group) is 1. The Morgan fingerprint density at radius 2 is 2.10 bits per heavy atom. The minimum absolute atomic E-state index is 0.407. The molecule has 116 valence electrons. The van der Waals surface area contributed by atoms with Crippen molar-refractivity contribution in [2.75, 3.05) is 49.6 Å². The molecule has 1 aromatic rings. The van der Waals surface area contributed by atoms with E-state index in [0.29, 0.717) is 12.1 Å². The van der Waals surface area contributed by atoms with Crippen LogP contribution in [0.15, 0.2) is 24.3 Å². The van der Waals surface area contributed by atoms with Gasteiger partial charge in [0.25, 0.3) is 0 Å². The molecule has 2 atom stereocenters. The highest BCUT2D eigenvalue weighted by molar-refractivity contribution is 5.73. The quantitative estimate of drug-likeness (QED) is 0.898. The van der Waals surface area contributed by atoms with Gasteiger partial charge < -0.3 is 19.9 Å². The topological polar surface area (TPSA) is 27.7 Å². The lowest BCUT2D eigenvalue weighted by molar-refractivity contribution is 0.0840. The van der Waals surface area contributed by atoms with Gasteiger partial charge in [0.05, 0.1) is 17.5 Å². The van der Waals surface area contributed by atoms with Crippen LogP contribution in [0.2, 0.25) is 0 Å². The van der Waals surface area contributed by atoms with Crippen molar-refractivity contribution in [2.45, 2.75) is 31.9 Å². The molecule has 0 aliphatic carbocycles. The lowest BCUT2D eigenvalue weighted by Gasteiger charge is -2.37. The standard InChI is InChI=1S/C17H27N3O/c1-14(17-8-5-13-21-17)18-9-10-20-12-11-19(2)15-6-3-4-7-16(15)20/h3-4,6-7,14,17-18H,5,8-13H2,1-2H3. The lowest BCUT2D eigenvalue weighted by atomic mass is 10.1. The van der Waals surface area contributed by atoms with E-state index in [2.05, 4.69) is 53.4 Å². The van der Waals surface area contributed by atoms with Gasteiger partial charge in [0.2, 0.25) is 0 Å². The van der Waals surface area contributed by atoms with E-state index >= 15 is 0 Å². The Bertz CT molecular complexity index is 459. The first-order chi connectivity index (χ1) is 10.3. The van der Waals surface area contributed by atoms with E-state index in [1.165, 1.54) is 24.2 Å². The van der Waals surface area contributed by atoms with Crippen LogP contribution in [-0.4, -0.2) is 52.0 Å². The van der Waals surface area contributed by atoms with E-state index in [4.69, 9.17) is 4.74 Å².